The molecule has 2 aromatic heterocycles. The number of aryl methyl sites for hydroxylation is 1. The van der Waals surface area contributed by atoms with Crippen molar-refractivity contribution in [3.8, 4) is 5.75 Å². The van der Waals surface area contributed by atoms with Crippen LogP contribution in [0.25, 0.3) is 0 Å². The first-order valence-electron chi connectivity index (χ1n) is 8.36. The van der Waals surface area contributed by atoms with E-state index in [1.807, 2.05) is 17.9 Å². The third-order valence-electron chi connectivity index (χ3n) is 4.05. The van der Waals surface area contributed by atoms with Gasteiger partial charge in [0, 0.05) is 36.6 Å². The van der Waals surface area contributed by atoms with Crippen LogP contribution in [0.4, 0.5) is 0 Å². The Kier molecular flexibility index (Phi) is 5.90. The first-order chi connectivity index (χ1) is 12.2. The second-order valence-corrected chi connectivity index (χ2v) is 6.11. The smallest absolute Gasteiger partial charge is 0.260 e. The molecule has 25 heavy (non-hydrogen) atoms. The summed E-state index contributed by atoms with van der Waals surface area (Å²) >= 11 is 0. The quantitative estimate of drug-likeness (QED) is 0.814. The summed E-state index contributed by atoms with van der Waals surface area (Å²) in [5.74, 6) is 0.757. The van der Waals surface area contributed by atoms with Crippen LogP contribution >= 0.6 is 0 Å². The van der Waals surface area contributed by atoms with Crippen molar-refractivity contribution in [2.24, 2.45) is 5.92 Å². The third-order valence-corrected chi connectivity index (χ3v) is 4.05. The lowest BCUT2D eigenvalue weighted by Crippen LogP contribution is -2.39. The van der Waals surface area contributed by atoms with Crippen LogP contribution < -0.4 is 4.74 Å². The predicted octanol–water partition coefficient (Wildman–Crippen LogP) is 1.28. The van der Waals surface area contributed by atoms with Crippen molar-refractivity contribution in [1.29, 1.82) is 0 Å². The normalized spacial score (nSPS) is 17.8. The highest BCUT2D eigenvalue weighted by Gasteiger charge is 2.23. The van der Waals surface area contributed by atoms with Crippen molar-refractivity contribution in [2.45, 2.75) is 13.3 Å². The van der Waals surface area contributed by atoms with E-state index in [1.54, 1.807) is 30.9 Å². The molecule has 1 unspecified atom stereocenters. The molecule has 0 aliphatic carbocycles. The van der Waals surface area contributed by atoms with Gasteiger partial charge in [-0.05, 0) is 31.5 Å². The van der Waals surface area contributed by atoms with Crippen molar-refractivity contribution in [3.63, 3.8) is 0 Å². The molecule has 1 aliphatic rings. The van der Waals surface area contributed by atoms with Gasteiger partial charge in [0.15, 0.2) is 6.61 Å². The highest BCUT2D eigenvalue weighted by atomic mass is 16.5. The van der Waals surface area contributed by atoms with Gasteiger partial charge < -0.3 is 14.4 Å². The number of amides is 1. The molecular weight excluding hydrogens is 320 g/mol. The Labute approximate surface area is 147 Å². The zero-order valence-electron chi connectivity index (χ0n) is 14.3. The van der Waals surface area contributed by atoms with Crippen LogP contribution in [-0.4, -0.2) is 58.7 Å². The summed E-state index contributed by atoms with van der Waals surface area (Å²) in [6, 6.07) is 5.54. The number of carbonyl (C=O) groups excluding carboxylic acids is 1. The molecule has 1 amide bonds. The zero-order valence-corrected chi connectivity index (χ0v) is 14.3. The van der Waals surface area contributed by atoms with E-state index in [2.05, 4.69) is 15.0 Å². The number of carbonyl (C=O) groups is 1. The second-order valence-electron chi connectivity index (χ2n) is 6.11. The first kappa shape index (κ1) is 17.3. The largest absolute Gasteiger partial charge is 0.482 e. The fourth-order valence-corrected chi connectivity index (χ4v) is 2.82. The van der Waals surface area contributed by atoms with Gasteiger partial charge in [-0.3, -0.25) is 9.78 Å². The minimum absolute atomic E-state index is 0.00499. The maximum absolute atomic E-state index is 12.5. The summed E-state index contributed by atoms with van der Waals surface area (Å²) in [6.45, 7) is 4.33. The van der Waals surface area contributed by atoms with Gasteiger partial charge in [-0.25, -0.2) is 9.97 Å². The fraction of sp³-hybridized carbons (Fsp3) is 0.444. The lowest BCUT2D eigenvalue weighted by atomic mass is 10.0. The maximum Gasteiger partial charge on any atom is 0.260 e. The number of hydrogen-bond donors (Lipinski definition) is 0. The number of rotatable bonds is 5. The summed E-state index contributed by atoms with van der Waals surface area (Å²) in [5, 5.41) is 0. The molecule has 1 saturated heterocycles. The molecular formula is C18H22N4O3. The molecule has 1 aliphatic heterocycles. The third kappa shape index (κ3) is 5.22. The van der Waals surface area contributed by atoms with E-state index in [1.165, 1.54) is 0 Å². The monoisotopic (exact) mass is 342 g/mol. The SMILES string of the molecule is Cc1cc(CC2COCCN(C(=O)COc3cccnc3)C2)ncn1. The van der Waals surface area contributed by atoms with E-state index >= 15 is 0 Å². The molecule has 0 radical (unpaired) electrons. The van der Waals surface area contributed by atoms with E-state index in [0.717, 1.165) is 17.8 Å². The second kappa shape index (κ2) is 8.53. The Hall–Kier alpha value is -2.54. The van der Waals surface area contributed by atoms with Crippen molar-refractivity contribution in [3.05, 3.63) is 48.3 Å². The zero-order chi connectivity index (χ0) is 17.5. The standard InChI is InChI=1S/C18H22N4O3/c1-14-7-16(21-13-20-14)8-15-10-22(5-6-24-11-15)18(23)12-25-17-3-2-4-19-9-17/h2-4,7,9,13,15H,5-6,8,10-12H2,1H3. The summed E-state index contributed by atoms with van der Waals surface area (Å²) in [7, 11) is 0. The average molecular weight is 342 g/mol. The Morgan fingerprint density at radius 2 is 2.36 bits per heavy atom. The van der Waals surface area contributed by atoms with E-state index < -0.39 is 0 Å². The Morgan fingerprint density at radius 3 is 3.16 bits per heavy atom. The van der Waals surface area contributed by atoms with E-state index in [9.17, 15) is 4.79 Å². The van der Waals surface area contributed by atoms with Gasteiger partial charge >= 0.3 is 0 Å². The van der Waals surface area contributed by atoms with Gasteiger partial charge in [-0.2, -0.15) is 0 Å². The highest BCUT2D eigenvalue weighted by Crippen LogP contribution is 2.14. The number of pyridine rings is 1. The molecule has 0 bridgehead atoms. The average Bonchev–Trinajstić information content (AvgIpc) is 2.86. The number of hydrogen-bond acceptors (Lipinski definition) is 6. The lowest BCUT2D eigenvalue weighted by molar-refractivity contribution is -0.133. The summed E-state index contributed by atoms with van der Waals surface area (Å²) in [6.07, 6.45) is 5.60. The van der Waals surface area contributed by atoms with Crippen molar-refractivity contribution >= 4 is 5.91 Å². The van der Waals surface area contributed by atoms with Crippen molar-refractivity contribution in [2.75, 3.05) is 32.9 Å². The van der Waals surface area contributed by atoms with Gasteiger partial charge in [-0.15, -0.1) is 0 Å². The van der Waals surface area contributed by atoms with E-state index in [0.29, 0.717) is 32.1 Å². The minimum Gasteiger partial charge on any atom is -0.482 e. The molecule has 7 nitrogen and oxygen atoms in total. The van der Waals surface area contributed by atoms with Gasteiger partial charge in [0.2, 0.25) is 0 Å². The van der Waals surface area contributed by atoms with Crippen LogP contribution in [0, 0.1) is 12.8 Å². The van der Waals surface area contributed by atoms with Gasteiger partial charge in [0.1, 0.15) is 12.1 Å². The molecule has 3 heterocycles. The fourth-order valence-electron chi connectivity index (χ4n) is 2.82. The van der Waals surface area contributed by atoms with Crippen LogP contribution in [0.2, 0.25) is 0 Å². The molecule has 132 valence electrons. The number of nitrogens with zero attached hydrogens (tertiary/aromatic N) is 4. The lowest BCUT2D eigenvalue weighted by Gasteiger charge is -2.23. The number of aromatic nitrogens is 3. The van der Waals surface area contributed by atoms with Crippen LogP contribution in [0.1, 0.15) is 11.4 Å². The molecule has 0 N–H and O–H groups in total. The molecule has 2 aromatic rings. The maximum atomic E-state index is 12.5. The summed E-state index contributed by atoms with van der Waals surface area (Å²) in [4.78, 5) is 26.7. The van der Waals surface area contributed by atoms with Crippen LogP contribution in [0.15, 0.2) is 36.9 Å². The minimum atomic E-state index is -0.0433. The topological polar surface area (TPSA) is 77.4 Å². The molecule has 0 saturated carbocycles. The summed E-state index contributed by atoms with van der Waals surface area (Å²) < 4.78 is 11.2. The predicted molar refractivity (Wildman–Crippen MR) is 91.1 cm³/mol. The number of ether oxygens (including phenoxy) is 2. The van der Waals surface area contributed by atoms with Crippen molar-refractivity contribution in [1.82, 2.24) is 19.9 Å². The van der Waals surface area contributed by atoms with E-state index in [4.69, 9.17) is 9.47 Å². The van der Waals surface area contributed by atoms with Crippen LogP contribution in [0.5, 0.6) is 5.75 Å². The van der Waals surface area contributed by atoms with Crippen LogP contribution in [-0.2, 0) is 16.0 Å². The first-order valence-corrected chi connectivity index (χ1v) is 8.36. The Balaban J connectivity index is 1.56. The van der Waals surface area contributed by atoms with Gasteiger partial charge in [0.25, 0.3) is 5.91 Å². The summed E-state index contributed by atoms with van der Waals surface area (Å²) in [5.41, 5.74) is 1.92. The molecule has 7 heteroatoms. The molecule has 1 fully saturated rings. The molecule has 0 aromatic carbocycles. The van der Waals surface area contributed by atoms with Gasteiger partial charge in [0.05, 0.1) is 19.4 Å². The Morgan fingerprint density at radius 1 is 1.44 bits per heavy atom. The molecule has 0 spiro atoms. The molecule has 1 atom stereocenters. The Bertz CT molecular complexity index is 696. The van der Waals surface area contributed by atoms with Crippen molar-refractivity contribution < 1.29 is 14.3 Å². The van der Waals surface area contributed by atoms with Crippen LogP contribution in [0.3, 0.4) is 0 Å². The highest BCUT2D eigenvalue weighted by molar-refractivity contribution is 5.77. The van der Waals surface area contributed by atoms with E-state index in [-0.39, 0.29) is 18.4 Å². The molecule has 3 rings (SSSR count). The van der Waals surface area contributed by atoms with Gasteiger partial charge in [-0.1, -0.05) is 0 Å².